The van der Waals surface area contributed by atoms with Crippen molar-refractivity contribution in [1.29, 1.82) is 0 Å². The van der Waals surface area contributed by atoms with Gasteiger partial charge in [-0.3, -0.25) is 4.79 Å². The summed E-state index contributed by atoms with van der Waals surface area (Å²) in [7, 11) is 1.46. The van der Waals surface area contributed by atoms with Crippen LogP contribution in [0.25, 0.3) is 0 Å². The number of likely N-dealkylation sites (tertiary alicyclic amines) is 1. The summed E-state index contributed by atoms with van der Waals surface area (Å²) in [6.45, 7) is -1.03. The monoisotopic (exact) mass is 228 g/mol. The third kappa shape index (κ3) is 1.95. The molecule has 1 aliphatic heterocycles. The molecule has 4 nitrogen and oxygen atoms in total. The van der Waals surface area contributed by atoms with Crippen molar-refractivity contribution in [3.8, 4) is 5.88 Å². The van der Waals surface area contributed by atoms with Crippen molar-refractivity contribution in [3.63, 3.8) is 0 Å². The Morgan fingerprint density at radius 3 is 2.62 bits per heavy atom. The van der Waals surface area contributed by atoms with Crippen molar-refractivity contribution in [1.82, 2.24) is 9.88 Å². The van der Waals surface area contributed by atoms with Crippen LogP contribution in [-0.2, 0) is 0 Å². The zero-order valence-electron chi connectivity index (χ0n) is 8.61. The SMILES string of the molecule is COc1ccc(C(=O)N2CC(F)(F)C2)cn1. The maximum atomic E-state index is 12.6. The van der Waals surface area contributed by atoms with Gasteiger partial charge in [-0.25, -0.2) is 13.8 Å². The Labute approximate surface area is 90.8 Å². The van der Waals surface area contributed by atoms with Gasteiger partial charge in [0.05, 0.1) is 25.8 Å². The van der Waals surface area contributed by atoms with Gasteiger partial charge in [0.25, 0.3) is 11.8 Å². The largest absolute Gasteiger partial charge is 0.481 e. The minimum atomic E-state index is -2.74. The molecule has 2 rings (SSSR count). The van der Waals surface area contributed by atoms with E-state index in [0.29, 0.717) is 5.88 Å². The number of carbonyl (C=O) groups is 1. The van der Waals surface area contributed by atoms with Crippen LogP contribution in [0.4, 0.5) is 8.78 Å². The Hall–Kier alpha value is -1.72. The molecule has 0 radical (unpaired) electrons. The standard InChI is InChI=1S/C10H10F2N2O2/c1-16-8-3-2-7(4-13-8)9(15)14-5-10(11,12)6-14/h2-4H,5-6H2,1H3. The first kappa shape index (κ1) is 10.8. The van der Waals surface area contributed by atoms with Crippen LogP contribution < -0.4 is 4.74 Å². The van der Waals surface area contributed by atoms with E-state index in [1.54, 1.807) is 0 Å². The number of aromatic nitrogens is 1. The summed E-state index contributed by atoms with van der Waals surface area (Å²) in [5.74, 6) is -2.79. The second-order valence-electron chi connectivity index (χ2n) is 3.61. The van der Waals surface area contributed by atoms with Gasteiger partial charge in [-0.15, -0.1) is 0 Å². The van der Waals surface area contributed by atoms with Gasteiger partial charge in [0, 0.05) is 12.3 Å². The number of ether oxygens (including phenoxy) is 1. The Morgan fingerprint density at radius 2 is 2.19 bits per heavy atom. The van der Waals surface area contributed by atoms with Crippen LogP contribution in [0.1, 0.15) is 10.4 Å². The molecule has 1 amide bonds. The van der Waals surface area contributed by atoms with E-state index >= 15 is 0 Å². The summed E-state index contributed by atoms with van der Waals surface area (Å²) in [6.07, 6.45) is 1.32. The number of hydrogen-bond donors (Lipinski definition) is 0. The fourth-order valence-corrected chi connectivity index (χ4v) is 1.47. The van der Waals surface area contributed by atoms with Gasteiger partial charge >= 0.3 is 0 Å². The Bertz CT molecular complexity index is 398. The first-order chi connectivity index (χ1) is 7.52. The number of rotatable bonds is 2. The van der Waals surface area contributed by atoms with Gasteiger partial charge in [-0.1, -0.05) is 0 Å². The summed E-state index contributed by atoms with van der Waals surface area (Å²) in [5.41, 5.74) is 0.288. The summed E-state index contributed by atoms with van der Waals surface area (Å²) in [5, 5.41) is 0. The molecule has 0 N–H and O–H groups in total. The van der Waals surface area contributed by atoms with Gasteiger partial charge in [0.15, 0.2) is 0 Å². The van der Waals surface area contributed by atoms with Crippen LogP contribution in [0.5, 0.6) is 5.88 Å². The van der Waals surface area contributed by atoms with Crippen LogP contribution in [0.3, 0.4) is 0 Å². The molecular weight excluding hydrogens is 218 g/mol. The molecule has 0 saturated carbocycles. The molecule has 1 saturated heterocycles. The van der Waals surface area contributed by atoms with Gasteiger partial charge in [-0.2, -0.15) is 0 Å². The summed E-state index contributed by atoms with van der Waals surface area (Å²) < 4.78 is 29.9. The van der Waals surface area contributed by atoms with E-state index in [4.69, 9.17) is 4.74 Å². The van der Waals surface area contributed by atoms with Crippen LogP contribution in [0.15, 0.2) is 18.3 Å². The average molecular weight is 228 g/mol. The maximum absolute atomic E-state index is 12.6. The van der Waals surface area contributed by atoms with Crippen molar-refractivity contribution >= 4 is 5.91 Å². The zero-order chi connectivity index (χ0) is 11.8. The highest BCUT2D eigenvalue weighted by Crippen LogP contribution is 2.27. The molecule has 0 aliphatic carbocycles. The van der Waals surface area contributed by atoms with Crippen molar-refractivity contribution in [3.05, 3.63) is 23.9 Å². The molecule has 1 aromatic rings. The maximum Gasteiger partial charge on any atom is 0.282 e. The van der Waals surface area contributed by atoms with Gasteiger partial charge in [0.1, 0.15) is 0 Å². The second-order valence-corrected chi connectivity index (χ2v) is 3.61. The van der Waals surface area contributed by atoms with Crippen LogP contribution in [0.2, 0.25) is 0 Å². The number of methoxy groups -OCH3 is 1. The number of carbonyl (C=O) groups excluding carboxylic acids is 1. The molecular formula is C10H10F2N2O2. The molecule has 16 heavy (non-hydrogen) atoms. The van der Waals surface area contributed by atoms with Crippen molar-refractivity contribution in [2.45, 2.75) is 5.92 Å². The van der Waals surface area contributed by atoms with Crippen molar-refractivity contribution in [2.24, 2.45) is 0 Å². The lowest BCUT2D eigenvalue weighted by molar-refractivity contribution is -0.113. The minimum absolute atomic E-state index is 0.288. The smallest absolute Gasteiger partial charge is 0.282 e. The lowest BCUT2D eigenvalue weighted by Gasteiger charge is -2.38. The van der Waals surface area contributed by atoms with Gasteiger partial charge in [0.2, 0.25) is 5.88 Å². The van der Waals surface area contributed by atoms with E-state index in [-0.39, 0.29) is 5.56 Å². The second kappa shape index (κ2) is 3.70. The van der Waals surface area contributed by atoms with Crippen molar-refractivity contribution < 1.29 is 18.3 Å². The lowest BCUT2D eigenvalue weighted by Crippen LogP contribution is -2.58. The topological polar surface area (TPSA) is 42.4 Å². The fourth-order valence-electron chi connectivity index (χ4n) is 1.47. The molecule has 0 aromatic carbocycles. The summed E-state index contributed by atoms with van der Waals surface area (Å²) >= 11 is 0. The highest BCUT2D eigenvalue weighted by atomic mass is 19.3. The predicted molar refractivity (Wildman–Crippen MR) is 51.6 cm³/mol. The third-order valence-corrected chi connectivity index (χ3v) is 2.32. The first-order valence-corrected chi connectivity index (χ1v) is 4.69. The molecule has 1 aliphatic rings. The number of nitrogens with zero attached hydrogens (tertiary/aromatic N) is 2. The molecule has 1 aromatic heterocycles. The molecule has 2 heterocycles. The van der Waals surface area contributed by atoms with Crippen LogP contribution >= 0.6 is 0 Å². The number of amides is 1. The number of pyridine rings is 1. The fraction of sp³-hybridized carbons (Fsp3) is 0.400. The average Bonchev–Trinajstić information content (AvgIpc) is 2.25. The molecule has 0 spiro atoms. The molecule has 0 atom stereocenters. The Morgan fingerprint density at radius 1 is 1.50 bits per heavy atom. The Kier molecular flexibility index (Phi) is 2.49. The van der Waals surface area contributed by atoms with Gasteiger partial charge < -0.3 is 9.64 Å². The first-order valence-electron chi connectivity index (χ1n) is 4.69. The van der Waals surface area contributed by atoms with Crippen LogP contribution in [0, 0.1) is 0 Å². The number of hydrogen-bond acceptors (Lipinski definition) is 3. The van der Waals surface area contributed by atoms with E-state index in [1.807, 2.05) is 0 Å². The minimum Gasteiger partial charge on any atom is -0.481 e. The van der Waals surface area contributed by atoms with E-state index in [9.17, 15) is 13.6 Å². The molecule has 6 heteroatoms. The molecule has 86 valence electrons. The summed E-state index contributed by atoms with van der Waals surface area (Å²) in [4.78, 5) is 16.6. The normalized spacial score (nSPS) is 17.8. The highest BCUT2D eigenvalue weighted by molar-refractivity contribution is 5.94. The molecule has 0 bridgehead atoms. The number of alkyl halides is 2. The molecule has 1 fully saturated rings. The number of halogens is 2. The van der Waals surface area contributed by atoms with Gasteiger partial charge in [-0.05, 0) is 6.07 Å². The van der Waals surface area contributed by atoms with Crippen LogP contribution in [-0.4, -0.2) is 41.9 Å². The van der Waals surface area contributed by atoms with E-state index in [1.165, 1.54) is 25.4 Å². The zero-order valence-corrected chi connectivity index (χ0v) is 8.61. The van der Waals surface area contributed by atoms with E-state index in [0.717, 1.165) is 4.90 Å². The quantitative estimate of drug-likeness (QED) is 0.763. The summed E-state index contributed by atoms with van der Waals surface area (Å²) in [6, 6.07) is 3.02. The Balaban J connectivity index is 2.05. The van der Waals surface area contributed by atoms with E-state index in [2.05, 4.69) is 4.98 Å². The van der Waals surface area contributed by atoms with Crippen molar-refractivity contribution in [2.75, 3.05) is 20.2 Å². The lowest BCUT2D eigenvalue weighted by atomic mass is 10.1. The predicted octanol–water partition coefficient (Wildman–Crippen LogP) is 1.18. The highest BCUT2D eigenvalue weighted by Gasteiger charge is 2.46. The third-order valence-electron chi connectivity index (χ3n) is 2.32. The van der Waals surface area contributed by atoms with E-state index < -0.39 is 24.9 Å². The molecule has 0 unspecified atom stereocenters.